The van der Waals surface area contributed by atoms with Crippen molar-refractivity contribution < 1.29 is 4.42 Å². The fourth-order valence-electron chi connectivity index (χ4n) is 0.577. The first kappa shape index (κ1) is 6.14. The molecule has 0 aromatic carbocycles. The molecule has 0 unspecified atom stereocenters. The van der Waals surface area contributed by atoms with E-state index in [1.807, 2.05) is 37.6 Å². The number of hydrogen-bond donors (Lipinski definition) is 0. The molecule has 0 saturated heterocycles. The van der Waals surface area contributed by atoms with Crippen LogP contribution in [0.25, 0.3) is 6.08 Å². The molecule has 9 heavy (non-hydrogen) atoms. The molecule has 1 heteroatoms. The van der Waals surface area contributed by atoms with Crippen molar-refractivity contribution in [2.75, 3.05) is 0 Å². The highest BCUT2D eigenvalue weighted by Crippen LogP contribution is 2.01. The van der Waals surface area contributed by atoms with E-state index in [9.17, 15) is 0 Å². The van der Waals surface area contributed by atoms with Crippen LogP contribution in [0.2, 0.25) is 0 Å². The molecule has 1 rings (SSSR count). The Morgan fingerprint density at radius 3 is 3.00 bits per heavy atom. The summed E-state index contributed by atoms with van der Waals surface area (Å²) in [7, 11) is 0. The van der Waals surface area contributed by atoms with Crippen LogP contribution in [0.4, 0.5) is 0 Å². The Balaban J connectivity index is 2.57. The largest absolute Gasteiger partial charge is 0.465 e. The minimum absolute atomic E-state index is 0.896. The molecule has 0 amide bonds. The van der Waals surface area contributed by atoms with Crippen molar-refractivity contribution in [2.45, 2.75) is 6.92 Å². The summed E-state index contributed by atoms with van der Waals surface area (Å²) in [5, 5.41) is 0. The van der Waals surface area contributed by atoms with Crippen molar-refractivity contribution in [3.8, 4) is 0 Å². The molecule has 1 radical (unpaired) electrons. The second-order valence-corrected chi connectivity index (χ2v) is 1.71. The van der Waals surface area contributed by atoms with Gasteiger partial charge in [0, 0.05) is 0 Å². The van der Waals surface area contributed by atoms with Gasteiger partial charge in [0.25, 0.3) is 0 Å². The summed E-state index contributed by atoms with van der Waals surface area (Å²) in [6.45, 7) is 1.97. The van der Waals surface area contributed by atoms with E-state index in [1.54, 1.807) is 6.26 Å². The van der Waals surface area contributed by atoms with Gasteiger partial charge >= 0.3 is 0 Å². The van der Waals surface area contributed by atoms with Crippen molar-refractivity contribution in [3.05, 3.63) is 36.7 Å². The van der Waals surface area contributed by atoms with Crippen LogP contribution in [0.15, 0.2) is 28.9 Å². The number of hydrogen-bond acceptors (Lipinski definition) is 1. The standard InChI is InChI=1S/C8H9O/c1-2-3-5-8-6-4-7-9-8/h2-7H,1H3/b5-3+. The molecule has 1 nitrogen and oxygen atoms in total. The Kier molecular flexibility index (Phi) is 2.13. The summed E-state index contributed by atoms with van der Waals surface area (Å²) < 4.78 is 5.03. The summed E-state index contributed by atoms with van der Waals surface area (Å²) in [6, 6.07) is 3.79. The van der Waals surface area contributed by atoms with E-state index in [2.05, 4.69) is 0 Å². The van der Waals surface area contributed by atoms with Crippen LogP contribution in [0.1, 0.15) is 12.7 Å². The third kappa shape index (κ3) is 1.76. The molecule has 0 atom stereocenters. The van der Waals surface area contributed by atoms with Gasteiger partial charge in [-0.1, -0.05) is 13.0 Å². The molecule has 0 N–H and O–H groups in total. The van der Waals surface area contributed by atoms with Crippen molar-refractivity contribution in [1.82, 2.24) is 0 Å². The van der Waals surface area contributed by atoms with E-state index in [0.29, 0.717) is 0 Å². The zero-order valence-electron chi connectivity index (χ0n) is 5.37. The summed E-state index contributed by atoms with van der Waals surface area (Å²) in [6.07, 6.45) is 7.48. The number of furan rings is 1. The molecule has 0 fully saturated rings. The minimum Gasteiger partial charge on any atom is -0.465 e. The highest BCUT2D eigenvalue weighted by Gasteiger charge is 1.83. The zero-order valence-corrected chi connectivity index (χ0v) is 5.37. The van der Waals surface area contributed by atoms with E-state index in [1.165, 1.54) is 0 Å². The average molecular weight is 121 g/mol. The maximum atomic E-state index is 5.03. The van der Waals surface area contributed by atoms with Crippen LogP contribution in [-0.2, 0) is 0 Å². The molecular formula is C8H9O. The SMILES string of the molecule is C[CH]/C=C/c1ccco1. The second-order valence-electron chi connectivity index (χ2n) is 1.71. The first-order valence-electron chi connectivity index (χ1n) is 2.93. The van der Waals surface area contributed by atoms with E-state index >= 15 is 0 Å². The third-order valence-corrected chi connectivity index (χ3v) is 0.996. The van der Waals surface area contributed by atoms with Gasteiger partial charge in [-0.05, 0) is 24.6 Å². The Morgan fingerprint density at radius 1 is 1.56 bits per heavy atom. The molecule has 1 aromatic heterocycles. The van der Waals surface area contributed by atoms with Gasteiger partial charge in [0.15, 0.2) is 0 Å². The lowest BCUT2D eigenvalue weighted by Crippen LogP contribution is -1.58. The molecule has 0 spiro atoms. The minimum atomic E-state index is 0.896. The first-order chi connectivity index (χ1) is 4.43. The van der Waals surface area contributed by atoms with Crippen molar-refractivity contribution in [2.24, 2.45) is 0 Å². The lowest BCUT2D eigenvalue weighted by atomic mass is 10.3. The molecule has 0 aliphatic carbocycles. The number of rotatable bonds is 2. The van der Waals surface area contributed by atoms with E-state index in [0.717, 1.165) is 5.76 Å². The van der Waals surface area contributed by atoms with E-state index < -0.39 is 0 Å². The van der Waals surface area contributed by atoms with Gasteiger partial charge in [-0.3, -0.25) is 0 Å². The summed E-state index contributed by atoms with van der Waals surface area (Å²) in [5.41, 5.74) is 0. The zero-order chi connectivity index (χ0) is 6.53. The molecule has 47 valence electrons. The van der Waals surface area contributed by atoms with Crippen molar-refractivity contribution >= 4 is 6.08 Å². The summed E-state index contributed by atoms with van der Waals surface area (Å²) >= 11 is 0. The highest BCUT2D eigenvalue weighted by atomic mass is 16.3. The smallest absolute Gasteiger partial charge is 0.126 e. The highest BCUT2D eigenvalue weighted by molar-refractivity contribution is 5.43. The molecule has 1 heterocycles. The van der Waals surface area contributed by atoms with Crippen molar-refractivity contribution in [1.29, 1.82) is 0 Å². The van der Waals surface area contributed by atoms with Gasteiger partial charge in [0.2, 0.25) is 0 Å². The van der Waals surface area contributed by atoms with Crippen LogP contribution in [0, 0.1) is 6.42 Å². The third-order valence-electron chi connectivity index (χ3n) is 0.996. The second kappa shape index (κ2) is 3.13. The molecule has 0 saturated carbocycles. The van der Waals surface area contributed by atoms with Gasteiger partial charge < -0.3 is 4.42 Å². The fourth-order valence-corrected chi connectivity index (χ4v) is 0.577. The predicted octanol–water partition coefficient (Wildman–Crippen LogP) is 2.52. The van der Waals surface area contributed by atoms with Crippen LogP contribution < -0.4 is 0 Å². The lowest BCUT2D eigenvalue weighted by molar-refractivity contribution is 0.557. The monoisotopic (exact) mass is 121 g/mol. The predicted molar refractivity (Wildman–Crippen MR) is 37.7 cm³/mol. The van der Waals surface area contributed by atoms with Crippen LogP contribution in [-0.4, -0.2) is 0 Å². The lowest BCUT2D eigenvalue weighted by Gasteiger charge is -1.79. The average Bonchev–Trinajstić information content (AvgIpc) is 2.34. The van der Waals surface area contributed by atoms with Gasteiger partial charge in [-0.2, -0.15) is 0 Å². The normalized spacial score (nSPS) is 10.8. The van der Waals surface area contributed by atoms with Crippen LogP contribution in [0.3, 0.4) is 0 Å². The maximum Gasteiger partial charge on any atom is 0.126 e. The molecule has 0 aliphatic rings. The topological polar surface area (TPSA) is 13.1 Å². The number of allylic oxidation sites excluding steroid dienone is 1. The van der Waals surface area contributed by atoms with Gasteiger partial charge in [-0.25, -0.2) is 0 Å². The Bertz CT molecular complexity index is 172. The Morgan fingerprint density at radius 2 is 2.44 bits per heavy atom. The van der Waals surface area contributed by atoms with E-state index in [4.69, 9.17) is 4.42 Å². The summed E-state index contributed by atoms with van der Waals surface area (Å²) in [5.74, 6) is 0.896. The van der Waals surface area contributed by atoms with Gasteiger partial charge in [-0.15, -0.1) is 0 Å². The molecule has 0 bridgehead atoms. The van der Waals surface area contributed by atoms with Crippen molar-refractivity contribution in [3.63, 3.8) is 0 Å². The fraction of sp³-hybridized carbons (Fsp3) is 0.125. The molecule has 1 aromatic rings. The van der Waals surface area contributed by atoms with Gasteiger partial charge in [0.1, 0.15) is 5.76 Å². The molecular weight excluding hydrogens is 112 g/mol. The van der Waals surface area contributed by atoms with Crippen LogP contribution in [0.5, 0.6) is 0 Å². The van der Waals surface area contributed by atoms with Crippen LogP contribution >= 0.6 is 0 Å². The maximum absolute atomic E-state index is 5.03. The van der Waals surface area contributed by atoms with E-state index in [-0.39, 0.29) is 0 Å². The summed E-state index contributed by atoms with van der Waals surface area (Å²) in [4.78, 5) is 0. The van der Waals surface area contributed by atoms with Gasteiger partial charge in [0.05, 0.1) is 6.26 Å². The molecule has 0 aliphatic heterocycles. The Labute approximate surface area is 55.0 Å². The quantitative estimate of drug-likeness (QED) is 0.586. The first-order valence-corrected chi connectivity index (χ1v) is 2.93. The Hall–Kier alpha value is -0.980.